The number of aromatic amines is 1. The highest BCUT2D eigenvalue weighted by Crippen LogP contribution is 2.30. The summed E-state index contributed by atoms with van der Waals surface area (Å²) in [6.45, 7) is 0. The molecule has 0 fully saturated rings. The molecule has 14 heavy (non-hydrogen) atoms. The number of hydrogen-bond acceptors (Lipinski definition) is 2. The number of nitrogens with zero attached hydrogens (tertiary/aromatic N) is 2. The lowest BCUT2D eigenvalue weighted by Gasteiger charge is -2.04. The maximum absolute atomic E-state index is 12.2. The molecular weight excluding hydrogens is 263 g/mol. The van der Waals surface area contributed by atoms with Crippen LogP contribution in [0.3, 0.4) is 0 Å². The van der Waals surface area contributed by atoms with Gasteiger partial charge in [0.2, 0.25) is 0 Å². The van der Waals surface area contributed by atoms with Crippen LogP contribution in [0, 0.1) is 0 Å². The number of pyridine rings is 1. The Labute approximate surface area is 84.5 Å². The van der Waals surface area contributed by atoms with Gasteiger partial charge >= 0.3 is 6.18 Å². The summed E-state index contributed by atoms with van der Waals surface area (Å²) in [5, 5.41) is 6.62. The average molecular weight is 266 g/mol. The van der Waals surface area contributed by atoms with Crippen molar-refractivity contribution in [2.24, 2.45) is 0 Å². The van der Waals surface area contributed by atoms with Gasteiger partial charge in [-0.15, -0.1) is 0 Å². The lowest BCUT2D eigenvalue weighted by Crippen LogP contribution is -2.07. The highest BCUT2D eigenvalue weighted by Gasteiger charge is 2.32. The fraction of sp³-hybridized carbons (Fsp3) is 0.143. The summed E-state index contributed by atoms with van der Waals surface area (Å²) in [5.74, 6) is 0. The highest BCUT2D eigenvalue weighted by atomic mass is 79.9. The van der Waals surface area contributed by atoms with Crippen LogP contribution in [0.2, 0.25) is 0 Å². The molecule has 0 amide bonds. The number of alkyl halides is 3. The molecule has 1 N–H and O–H groups in total. The topological polar surface area (TPSA) is 41.6 Å². The summed E-state index contributed by atoms with van der Waals surface area (Å²) < 4.78 is 37.2. The van der Waals surface area contributed by atoms with Gasteiger partial charge < -0.3 is 0 Å². The van der Waals surface area contributed by atoms with Gasteiger partial charge in [-0.2, -0.15) is 18.3 Å². The summed E-state index contributed by atoms with van der Waals surface area (Å²) in [4.78, 5) is 3.26. The Morgan fingerprint density at radius 1 is 1.36 bits per heavy atom. The van der Waals surface area contributed by atoms with Crippen molar-refractivity contribution in [1.29, 1.82) is 0 Å². The Balaban J connectivity index is 2.66. The number of nitrogens with one attached hydrogen (secondary N) is 1. The molecule has 0 bridgehead atoms. The monoisotopic (exact) mass is 265 g/mol. The van der Waals surface area contributed by atoms with Crippen LogP contribution in [-0.2, 0) is 6.18 Å². The number of H-pyrrole nitrogens is 1. The Morgan fingerprint density at radius 3 is 2.71 bits per heavy atom. The van der Waals surface area contributed by atoms with Crippen molar-refractivity contribution < 1.29 is 13.2 Å². The quantitative estimate of drug-likeness (QED) is 0.796. The number of aromatic nitrogens is 3. The third-order valence-electron chi connectivity index (χ3n) is 1.68. The molecule has 2 aromatic rings. The van der Waals surface area contributed by atoms with Gasteiger partial charge in [-0.3, -0.25) is 5.10 Å². The molecule has 3 nitrogen and oxygen atoms in total. The summed E-state index contributed by atoms with van der Waals surface area (Å²) in [6.07, 6.45) is -3.34. The molecule has 0 spiro atoms. The third kappa shape index (κ3) is 1.47. The van der Waals surface area contributed by atoms with E-state index >= 15 is 0 Å². The standard InChI is InChI=1S/C7H3BrF3N3/c8-6-3-1-5(7(9,10)11)12-2-4(3)13-14-6/h1-2H,(H,13,14). The highest BCUT2D eigenvalue weighted by molar-refractivity contribution is 9.10. The second-order valence-corrected chi connectivity index (χ2v) is 3.42. The molecule has 2 rings (SSSR count). The molecule has 2 aromatic heterocycles. The van der Waals surface area contributed by atoms with Crippen molar-refractivity contribution in [2.45, 2.75) is 6.18 Å². The first-order valence-corrected chi connectivity index (χ1v) is 4.34. The molecule has 0 aromatic carbocycles. The summed E-state index contributed by atoms with van der Waals surface area (Å²) in [6, 6.07) is 0.947. The van der Waals surface area contributed by atoms with Crippen LogP contribution < -0.4 is 0 Å². The van der Waals surface area contributed by atoms with E-state index in [-0.39, 0.29) is 0 Å². The van der Waals surface area contributed by atoms with Crippen molar-refractivity contribution in [3.63, 3.8) is 0 Å². The van der Waals surface area contributed by atoms with E-state index < -0.39 is 11.9 Å². The molecule has 0 radical (unpaired) electrons. The van der Waals surface area contributed by atoms with Crippen molar-refractivity contribution in [3.8, 4) is 0 Å². The van der Waals surface area contributed by atoms with Gasteiger partial charge in [0.05, 0.1) is 6.20 Å². The predicted molar refractivity (Wildman–Crippen MR) is 46.6 cm³/mol. The van der Waals surface area contributed by atoms with Gasteiger partial charge in [0, 0.05) is 5.39 Å². The number of hydrogen-bond donors (Lipinski definition) is 1. The number of fused-ring (bicyclic) bond motifs is 1. The van der Waals surface area contributed by atoms with E-state index in [1.165, 1.54) is 0 Å². The van der Waals surface area contributed by atoms with Crippen LogP contribution >= 0.6 is 15.9 Å². The Bertz CT molecular complexity index is 476. The van der Waals surface area contributed by atoms with Gasteiger partial charge in [-0.25, -0.2) is 4.98 Å². The van der Waals surface area contributed by atoms with Crippen LogP contribution in [0.4, 0.5) is 13.2 Å². The van der Waals surface area contributed by atoms with Gasteiger partial charge in [-0.05, 0) is 22.0 Å². The zero-order valence-corrected chi connectivity index (χ0v) is 8.15. The molecular formula is C7H3BrF3N3. The van der Waals surface area contributed by atoms with Crippen molar-refractivity contribution in [3.05, 3.63) is 22.6 Å². The second-order valence-electron chi connectivity index (χ2n) is 2.62. The zero-order valence-electron chi connectivity index (χ0n) is 6.56. The Morgan fingerprint density at radius 2 is 2.07 bits per heavy atom. The fourth-order valence-electron chi connectivity index (χ4n) is 1.04. The first kappa shape index (κ1) is 9.45. The predicted octanol–water partition coefficient (Wildman–Crippen LogP) is 2.74. The van der Waals surface area contributed by atoms with Gasteiger partial charge in [0.25, 0.3) is 0 Å². The molecule has 0 aliphatic heterocycles. The van der Waals surface area contributed by atoms with E-state index in [1.807, 2.05) is 0 Å². The molecule has 0 atom stereocenters. The zero-order chi connectivity index (χ0) is 10.3. The maximum atomic E-state index is 12.2. The smallest absolute Gasteiger partial charge is 0.270 e. The van der Waals surface area contributed by atoms with Crippen LogP contribution in [-0.4, -0.2) is 15.2 Å². The summed E-state index contributed by atoms with van der Waals surface area (Å²) in [5.41, 5.74) is -0.531. The number of halogens is 4. The lowest BCUT2D eigenvalue weighted by molar-refractivity contribution is -0.141. The van der Waals surface area contributed by atoms with E-state index in [1.54, 1.807) is 0 Å². The van der Waals surface area contributed by atoms with Crippen molar-refractivity contribution >= 4 is 26.8 Å². The molecule has 2 heterocycles. The van der Waals surface area contributed by atoms with Crippen LogP contribution in [0.25, 0.3) is 10.9 Å². The first-order valence-electron chi connectivity index (χ1n) is 3.55. The molecule has 7 heteroatoms. The van der Waals surface area contributed by atoms with Gasteiger partial charge in [0.1, 0.15) is 15.8 Å². The largest absolute Gasteiger partial charge is 0.433 e. The lowest BCUT2D eigenvalue weighted by atomic mass is 10.2. The van der Waals surface area contributed by atoms with E-state index in [0.29, 0.717) is 15.5 Å². The van der Waals surface area contributed by atoms with Crippen LogP contribution in [0.5, 0.6) is 0 Å². The molecule has 74 valence electrons. The van der Waals surface area contributed by atoms with Crippen LogP contribution in [0.1, 0.15) is 5.69 Å². The molecule has 0 aliphatic rings. The Kier molecular flexibility index (Phi) is 1.99. The van der Waals surface area contributed by atoms with Gasteiger partial charge in [-0.1, -0.05) is 0 Å². The van der Waals surface area contributed by atoms with E-state index in [9.17, 15) is 13.2 Å². The minimum Gasteiger partial charge on any atom is -0.270 e. The third-order valence-corrected chi connectivity index (χ3v) is 2.29. The fourth-order valence-corrected chi connectivity index (χ4v) is 1.44. The molecule has 0 unspecified atom stereocenters. The summed E-state index contributed by atoms with van der Waals surface area (Å²) in [7, 11) is 0. The first-order chi connectivity index (χ1) is 6.48. The number of rotatable bonds is 0. The average Bonchev–Trinajstić information content (AvgIpc) is 2.46. The van der Waals surface area contributed by atoms with E-state index in [2.05, 4.69) is 31.1 Å². The van der Waals surface area contributed by atoms with Gasteiger partial charge in [0.15, 0.2) is 0 Å². The van der Waals surface area contributed by atoms with E-state index in [0.717, 1.165) is 12.3 Å². The molecule has 0 saturated carbocycles. The minimum atomic E-state index is -4.43. The van der Waals surface area contributed by atoms with Crippen molar-refractivity contribution in [1.82, 2.24) is 15.2 Å². The maximum Gasteiger partial charge on any atom is 0.433 e. The van der Waals surface area contributed by atoms with Crippen LogP contribution in [0.15, 0.2) is 16.9 Å². The molecule has 0 saturated heterocycles. The summed E-state index contributed by atoms with van der Waals surface area (Å²) >= 11 is 3.05. The normalized spacial score (nSPS) is 12.3. The second kappa shape index (κ2) is 2.94. The van der Waals surface area contributed by atoms with Crippen molar-refractivity contribution in [2.75, 3.05) is 0 Å². The minimum absolute atomic E-state index is 0.368. The molecule has 0 aliphatic carbocycles. The van der Waals surface area contributed by atoms with E-state index in [4.69, 9.17) is 0 Å². The SMILES string of the molecule is FC(F)(F)c1cc2c(Br)[nH]nc2cn1. The Hall–Kier alpha value is -1.11.